The van der Waals surface area contributed by atoms with Gasteiger partial charge in [-0.3, -0.25) is 5.32 Å². The van der Waals surface area contributed by atoms with Gasteiger partial charge in [0.15, 0.2) is 5.54 Å². The zero-order chi connectivity index (χ0) is 5.45. The molecule has 0 amide bonds. The van der Waals surface area contributed by atoms with Gasteiger partial charge in [-0.2, -0.15) is 0 Å². The molecule has 1 fully saturated rings. The lowest BCUT2D eigenvalue weighted by molar-refractivity contribution is 0.605. The molecule has 1 spiro atoms. The highest BCUT2D eigenvalue weighted by molar-refractivity contribution is 5.24. The maximum absolute atomic E-state index is 4.08. The van der Waals surface area contributed by atoms with Gasteiger partial charge in [0.25, 0.3) is 12.6 Å². The summed E-state index contributed by atoms with van der Waals surface area (Å²) in [5.74, 6) is 0. The van der Waals surface area contributed by atoms with Gasteiger partial charge in [0.2, 0.25) is 0 Å². The van der Waals surface area contributed by atoms with Crippen molar-refractivity contribution >= 4 is 0 Å². The van der Waals surface area contributed by atoms with Gasteiger partial charge in [-0.15, -0.1) is 0 Å². The highest BCUT2D eigenvalue weighted by atomic mass is 15.1. The van der Waals surface area contributed by atoms with Gasteiger partial charge < -0.3 is 0 Å². The van der Waals surface area contributed by atoms with Gasteiger partial charge in [0.05, 0.1) is 6.54 Å². The van der Waals surface area contributed by atoms with Crippen LogP contribution in [0.5, 0.6) is 0 Å². The summed E-state index contributed by atoms with van der Waals surface area (Å²) in [7, 11) is 0. The number of hydrogen-bond acceptors (Lipinski definition) is 1. The fraction of sp³-hybridized carbons (Fsp3) is 0.833. The number of nitrogens with zero attached hydrogens (tertiary/aromatic N) is 1. The summed E-state index contributed by atoms with van der Waals surface area (Å²) in [4.78, 5) is 4.08. The van der Waals surface area contributed by atoms with Crippen LogP contribution in [0.25, 0.3) is 4.85 Å². The van der Waals surface area contributed by atoms with Crippen molar-refractivity contribution < 1.29 is 0 Å². The molecule has 8 heavy (non-hydrogen) atoms. The number of hydrogen-bond donors (Lipinski definition) is 1. The monoisotopic (exact) mass is 109 g/mol. The van der Waals surface area contributed by atoms with Gasteiger partial charge in [-0.1, -0.05) is 4.85 Å². The molecule has 1 aliphatic carbocycles. The Morgan fingerprint density at radius 1 is 1.50 bits per heavy atom. The number of rotatable bonds is 0. The fourth-order valence-corrected chi connectivity index (χ4v) is 1.01. The highest BCUT2D eigenvalue weighted by Gasteiger charge is 2.48. The van der Waals surface area contributed by atoms with Crippen LogP contribution in [0.1, 0.15) is 12.8 Å². The minimum absolute atomic E-state index is 0.262. The molecule has 42 valence electrons. The largest absolute Gasteiger partial charge is 0.295 e. The second kappa shape index (κ2) is 1.24. The van der Waals surface area contributed by atoms with Crippen molar-refractivity contribution in [3.05, 3.63) is 4.85 Å². The van der Waals surface area contributed by atoms with E-state index in [4.69, 9.17) is 0 Å². The summed E-state index contributed by atoms with van der Waals surface area (Å²) in [5.41, 5.74) is 0.262. The molecule has 0 bridgehead atoms. The van der Waals surface area contributed by atoms with Crippen LogP contribution in [0.3, 0.4) is 0 Å². The molecule has 0 radical (unpaired) electrons. The Bertz CT molecular complexity index is 159. The summed E-state index contributed by atoms with van der Waals surface area (Å²) >= 11 is 0. The van der Waals surface area contributed by atoms with Crippen LogP contribution in [0, 0.1) is 6.07 Å². The lowest BCUT2D eigenvalue weighted by atomic mass is 10.3. The molecule has 0 atom stereocenters. The van der Waals surface area contributed by atoms with Crippen LogP contribution in [0.2, 0.25) is 0 Å². The van der Waals surface area contributed by atoms with Gasteiger partial charge in [0.1, 0.15) is 0 Å². The maximum Gasteiger partial charge on any atom is 0.295 e. The molecule has 2 aliphatic rings. The second-order valence-corrected chi connectivity index (χ2v) is 2.50. The van der Waals surface area contributed by atoms with Crippen LogP contribution >= 0.6 is 0 Å². The van der Waals surface area contributed by atoms with Crippen molar-refractivity contribution in [1.82, 2.24) is 5.32 Å². The van der Waals surface area contributed by atoms with Crippen molar-refractivity contribution in [1.29, 1.82) is 0 Å². The Kier molecular flexibility index (Phi) is 0.671. The van der Waals surface area contributed by atoms with E-state index in [1.54, 1.807) is 0 Å². The van der Waals surface area contributed by atoms with E-state index in [1.165, 1.54) is 12.8 Å². The summed E-state index contributed by atoms with van der Waals surface area (Å²) in [6, 6.07) is 3.08. The van der Waals surface area contributed by atoms with Gasteiger partial charge in [-0.25, -0.2) is 0 Å². The summed E-state index contributed by atoms with van der Waals surface area (Å²) in [5, 5.41) is 3.36. The van der Waals surface area contributed by atoms with Crippen LogP contribution in [0.15, 0.2) is 0 Å². The Labute approximate surface area is 48.7 Å². The molecule has 0 saturated heterocycles. The Morgan fingerprint density at radius 3 is 2.75 bits per heavy atom. The minimum atomic E-state index is 0.262. The van der Waals surface area contributed by atoms with Crippen LogP contribution in [-0.4, -0.2) is 18.6 Å². The first kappa shape index (κ1) is 4.34. The zero-order valence-electron chi connectivity index (χ0n) is 4.78. The Morgan fingerprint density at radius 2 is 2.38 bits per heavy atom. The molecule has 0 aromatic carbocycles. The highest BCUT2D eigenvalue weighted by Crippen LogP contribution is 2.35. The van der Waals surface area contributed by atoms with Gasteiger partial charge in [0, 0.05) is 0 Å². The molecule has 2 rings (SSSR count). The Hall–Kier alpha value is -0.550. The minimum Gasteiger partial charge on any atom is -0.289 e. The van der Waals surface area contributed by atoms with Crippen LogP contribution in [0.4, 0.5) is 0 Å². The van der Waals surface area contributed by atoms with Crippen molar-refractivity contribution in [3.63, 3.8) is 0 Å². The molecule has 1 heterocycles. The summed E-state index contributed by atoms with van der Waals surface area (Å²) in [6.45, 7) is 1.97. The molecule has 0 aromatic rings. The third-order valence-electron chi connectivity index (χ3n) is 1.73. The van der Waals surface area contributed by atoms with E-state index in [0.717, 1.165) is 13.1 Å². The average molecular weight is 109 g/mol. The molecule has 0 aromatic heterocycles. The molecular formula is C6H9N2+. The van der Waals surface area contributed by atoms with Gasteiger partial charge >= 0.3 is 0 Å². The topological polar surface area (TPSA) is 16.4 Å². The molecule has 2 heteroatoms. The van der Waals surface area contributed by atoms with Crippen molar-refractivity contribution in [2.24, 2.45) is 0 Å². The maximum atomic E-state index is 4.08. The summed E-state index contributed by atoms with van der Waals surface area (Å²) < 4.78 is 0. The van der Waals surface area contributed by atoms with E-state index in [1.807, 2.05) is 0 Å². The zero-order valence-corrected chi connectivity index (χ0v) is 4.78. The van der Waals surface area contributed by atoms with E-state index >= 15 is 0 Å². The quantitative estimate of drug-likeness (QED) is 0.478. The first-order chi connectivity index (χ1) is 3.91. The normalized spacial score (nSPS) is 29.0. The van der Waals surface area contributed by atoms with Gasteiger partial charge in [-0.05, 0) is 12.8 Å². The molecular weight excluding hydrogens is 100 g/mol. The van der Waals surface area contributed by atoms with Crippen molar-refractivity contribution in [2.75, 3.05) is 13.1 Å². The Balaban J connectivity index is 2.21. The van der Waals surface area contributed by atoms with E-state index in [2.05, 4.69) is 16.2 Å². The van der Waals surface area contributed by atoms with Crippen LogP contribution in [-0.2, 0) is 0 Å². The average Bonchev–Trinajstić information content (AvgIpc) is 2.52. The predicted molar refractivity (Wildman–Crippen MR) is 32.1 cm³/mol. The first-order valence-electron chi connectivity index (χ1n) is 3.10. The smallest absolute Gasteiger partial charge is 0.289 e. The lowest BCUT2D eigenvalue weighted by Gasteiger charge is -2.02. The second-order valence-electron chi connectivity index (χ2n) is 2.50. The molecule has 1 N–H and O–H groups in total. The SMILES string of the molecule is C1#[N+]CCNC12CC2. The molecule has 1 saturated carbocycles. The molecule has 2 nitrogen and oxygen atoms in total. The van der Waals surface area contributed by atoms with E-state index in [-0.39, 0.29) is 5.54 Å². The standard InChI is InChI=1S/C6H9N2/c1-2-6(1)5-7-3-4-8-6/h8H,1-4H2/q+1. The molecule has 1 aliphatic heterocycles. The summed E-state index contributed by atoms with van der Waals surface area (Å²) in [6.07, 6.45) is 2.49. The fourth-order valence-electron chi connectivity index (χ4n) is 1.01. The van der Waals surface area contributed by atoms with Crippen LogP contribution < -0.4 is 5.32 Å². The van der Waals surface area contributed by atoms with E-state index in [0.29, 0.717) is 0 Å². The van der Waals surface area contributed by atoms with Crippen molar-refractivity contribution in [3.8, 4) is 6.07 Å². The first-order valence-corrected chi connectivity index (χ1v) is 3.10. The van der Waals surface area contributed by atoms with E-state index < -0.39 is 0 Å². The van der Waals surface area contributed by atoms with Crippen molar-refractivity contribution in [2.45, 2.75) is 18.4 Å². The molecule has 0 unspecified atom stereocenters. The van der Waals surface area contributed by atoms with E-state index in [9.17, 15) is 0 Å². The number of nitrogens with one attached hydrogen (secondary N) is 1. The third kappa shape index (κ3) is 0.517. The lowest BCUT2D eigenvalue weighted by Crippen LogP contribution is -2.33. The predicted octanol–water partition coefficient (Wildman–Crippen LogP) is 0.455. The third-order valence-corrected chi connectivity index (χ3v) is 1.73.